The second kappa shape index (κ2) is 8.71. The van der Waals surface area contributed by atoms with Gasteiger partial charge < -0.3 is 5.32 Å². The van der Waals surface area contributed by atoms with Crippen LogP contribution in [0.1, 0.15) is 29.8 Å². The summed E-state index contributed by atoms with van der Waals surface area (Å²) >= 11 is 0. The third kappa shape index (κ3) is 4.00. The van der Waals surface area contributed by atoms with Crippen LogP contribution < -0.4 is 5.32 Å². The first-order chi connectivity index (χ1) is 13.3. The summed E-state index contributed by atoms with van der Waals surface area (Å²) in [6, 6.07) is 15.7. The first kappa shape index (κ1) is 18.3. The fourth-order valence-electron chi connectivity index (χ4n) is 2.64. The number of anilines is 1. The van der Waals surface area contributed by atoms with Gasteiger partial charge in [0.2, 0.25) is 0 Å². The number of carbonyl (C=O) groups excluding carboxylic acids is 1. The van der Waals surface area contributed by atoms with Crippen LogP contribution in [0, 0.1) is 0 Å². The minimum absolute atomic E-state index is 0.460. The minimum Gasteiger partial charge on any atom is -0.366 e. The number of carbonyl (C=O) groups is 1. The predicted octanol–water partition coefficient (Wildman–Crippen LogP) is 4.24. The Kier molecular flexibility index (Phi) is 5.89. The molecule has 3 aromatic heterocycles. The van der Waals surface area contributed by atoms with Crippen molar-refractivity contribution in [2.45, 2.75) is 20.4 Å². The van der Waals surface area contributed by atoms with Crippen molar-refractivity contribution >= 4 is 17.8 Å². The lowest BCUT2D eigenvalue weighted by Crippen LogP contribution is -2.07. The van der Waals surface area contributed by atoms with Gasteiger partial charge in [0.25, 0.3) is 0 Å². The number of benzene rings is 1. The lowest BCUT2D eigenvalue weighted by Gasteiger charge is -2.11. The molecule has 0 saturated heterocycles. The van der Waals surface area contributed by atoms with Crippen molar-refractivity contribution in [3.8, 4) is 11.3 Å². The summed E-state index contributed by atoms with van der Waals surface area (Å²) in [5, 5.41) is 7.64. The highest BCUT2D eigenvalue weighted by Crippen LogP contribution is 2.23. The molecule has 0 spiro atoms. The van der Waals surface area contributed by atoms with Gasteiger partial charge in [-0.25, -0.2) is 4.98 Å². The maximum atomic E-state index is 11.3. The van der Waals surface area contributed by atoms with Gasteiger partial charge in [-0.15, -0.1) is 0 Å². The molecule has 6 nitrogen and oxygen atoms in total. The zero-order valence-electron chi connectivity index (χ0n) is 15.3. The number of aromatic nitrogens is 4. The molecule has 0 aliphatic carbocycles. The normalized spacial score (nSPS) is 10.1. The van der Waals surface area contributed by atoms with Crippen molar-refractivity contribution in [2.75, 3.05) is 5.32 Å². The van der Waals surface area contributed by atoms with Gasteiger partial charge in [-0.3, -0.25) is 9.78 Å². The smallest absolute Gasteiger partial charge is 0.168 e. The van der Waals surface area contributed by atoms with E-state index in [1.807, 2.05) is 68.6 Å². The number of rotatable bonds is 5. The molecule has 0 aliphatic heterocycles. The van der Waals surface area contributed by atoms with E-state index in [-0.39, 0.29) is 0 Å². The van der Waals surface area contributed by atoms with Crippen LogP contribution >= 0.6 is 0 Å². The average molecular weight is 359 g/mol. The Balaban J connectivity index is 0.00000102. The van der Waals surface area contributed by atoms with Gasteiger partial charge >= 0.3 is 0 Å². The zero-order chi connectivity index (χ0) is 19.1. The number of hydrogen-bond acceptors (Lipinski definition) is 5. The van der Waals surface area contributed by atoms with Crippen molar-refractivity contribution in [2.24, 2.45) is 0 Å². The molecule has 0 fully saturated rings. The van der Waals surface area contributed by atoms with E-state index in [9.17, 15) is 4.79 Å². The van der Waals surface area contributed by atoms with Crippen LogP contribution in [0.2, 0.25) is 0 Å². The van der Waals surface area contributed by atoms with Crippen LogP contribution in [0.25, 0.3) is 16.9 Å². The Morgan fingerprint density at radius 3 is 2.59 bits per heavy atom. The third-order valence-electron chi connectivity index (χ3n) is 3.89. The second-order valence-corrected chi connectivity index (χ2v) is 5.56. The number of nitrogens with zero attached hydrogens (tertiary/aromatic N) is 4. The lowest BCUT2D eigenvalue weighted by atomic mass is 10.1. The van der Waals surface area contributed by atoms with Gasteiger partial charge in [-0.2, -0.15) is 9.61 Å². The van der Waals surface area contributed by atoms with E-state index < -0.39 is 0 Å². The van der Waals surface area contributed by atoms with E-state index in [0.29, 0.717) is 17.8 Å². The van der Waals surface area contributed by atoms with Gasteiger partial charge in [0.1, 0.15) is 5.82 Å². The molecule has 4 rings (SSSR count). The molecule has 0 radical (unpaired) electrons. The van der Waals surface area contributed by atoms with Crippen LogP contribution in [-0.2, 0) is 6.54 Å². The molecule has 0 saturated carbocycles. The summed E-state index contributed by atoms with van der Waals surface area (Å²) in [7, 11) is 0. The van der Waals surface area contributed by atoms with Crippen molar-refractivity contribution in [3.63, 3.8) is 0 Å². The van der Waals surface area contributed by atoms with E-state index in [1.54, 1.807) is 10.7 Å². The number of nitrogens with one attached hydrogen (secondary N) is 1. The molecular weight excluding hydrogens is 338 g/mol. The molecule has 27 heavy (non-hydrogen) atoms. The number of pyridine rings is 1. The SMILES string of the molecule is CC.O=Cc1cnn2c(NCc3cccnc3)cc(-c3ccccc3)nc12. The van der Waals surface area contributed by atoms with Crippen molar-refractivity contribution in [3.05, 3.63) is 78.2 Å². The van der Waals surface area contributed by atoms with Crippen LogP contribution in [0.3, 0.4) is 0 Å². The average Bonchev–Trinajstić information content (AvgIpc) is 3.18. The highest BCUT2D eigenvalue weighted by Gasteiger charge is 2.12. The molecular formula is C21H21N5O. The topological polar surface area (TPSA) is 72.2 Å². The van der Waals surface area contributed by atoms with E-state index in [4.69, 9.17) is 0 Å². The number of hydrogen-bond donors (Lipinski definition) is 1. The summed E-state index contributed by atoms with van der Waals surface area (Å²) in [5.74, 6) is 0.765. The Morgan fingerprint density at radius 1 is 1.07 bits per heavy atom. The van der Waals surface area contributed by atoms with E-state index in [0.717, 1.165) is 28.9 Å². The summed E-state index contributed by atoms with van der Waals surface area (Å²) < 4.78 is 1.65. The van der Waals surface area contributed by atoms with Gasteiger partial charge in [0.05, 0.1) is 17.5 Å². The highest BCUT2D eigenvalue weighted by molar-refractivity contribution is 5.85. The fraction of sp³-hybridized carbons (Fsp3) is 0.143. The number of fused-ring (bicyclic) bond motifs is 1. The molecule has 0 bridgehead atoms. The molecule has 0 aliphatic rings. The zero-order valence-corrected chi connectivity index (χ0v) is 15.3. The van der Waals surface area contributed by atoms with E-state index in [2.05, 4.69) is 20.4 Å². The summed E-state index contributed by atoms with van der Waals surface area (Å²) in [6.07, 6.45) is 5.85. The largest absolute Gasteiger partial charge is 0.366 e. The van der Waals surface area contributed by atoms with Crippen molar-refractivity contribution in [1.29, 1.82) is 0 Å². The first-order valence-corrected chi connectivity index (χ1v) is 8.87. The Labute approximate surface area is 157 Å². The van der Waals surface area contributed by atoms with Crippen LogP contribution in [0.5, 0.6) is 0 Å². The monoisotopic (exact) mass is 359 g/mol. The van der Waals surface area contributed by atoms with Crippen molar-refractivity contribution < 1.29 is 4.79 Å². The highest BCUT2D eigenvalue weighted by atomic mass is 16.1. The first-order valence-electron chi connectivity index (χ1n) is 8.87. The number of aldehydes is 1. The molecule has 136 valence electrons. The Morgan fingerprint density at radius 2 is 1.89 bits per heavy atom. The van der Waals surface area contributed by atoms with E-state index >= 15 is 0 Å². The van der Waals surface area contributed by atoms with Crippen LogP contribution in [-0.4, -0.2) is 25.9 Å². The Bertz CT molecular complexity index is 1010. The lowest BCUT2D eigenvalue weighted by molar-refractivity contribution is 0.112. The fourth-order valence-corrected chi connectivity index (χ4v) is 2.64. The molecule has 0 amide bonds. The van der Waals surface area contributed by atoms with Crippen LogP contribution in [0.15, 0.2) is 67.1 Å². The van der Waals surface area contributed by atoms with Gasteiger partial charge in [0.15, 0.2) is 11.9 Å². The van der Waals surface area contributed by atoms with Crippen LogP contribution in [0.4, 0.5) is 5.82 Å². The molecule has 0 atom stereocenters. The maximum Gasteiger partial charge on any atom is 0.168 e. The second-order valence-electron chi connectivity index (χ2n) is 5.56. The Hall–Kier alpha value is -3.54. The van der Waals surface area contributed by atoms with Gasteiger partial charge in [-0.1, -0.05) is 50.2 Å². The molecule has 6 heteroatoms. The van der Waals surface area contributed by atoms with Gasteiger partial charge in [-0.05, 0) is 11.6 Å². The standard InChI is InChI=1S/C19H15N5O.C2H6/c25-13-16-12-22-24-18(21-11-14-5-4-8-20-10-14)9-17(23-19(16)24)15-6-2-1-3-7-15;1-2/h1-10,12-13,21H,11H2;1-2H3. The van der Waals surface area contributed by atoms with Gasteiger partial charge in [0, 0.05) is 30.6 Å². The van der Waals surface area contributed by atoms with Crippen molar-refractivity contribution in [1.82, 2.24) is 19.6 Å². The maximum absolute atomic E-state index is 11.3. The predicted molar refractivity (Wildman–Crippen MR) is 107 cm³/mol. The molecule has 0 unspecified atom stereocenters. The summed E-state index contributed by atoms with van der Waals surface area (Å²) in [5.41, 5.74) is 3.81. The molecule has 1 N–H and O–H groups in total. The minimum atomic E-state index is 0.460. The quantitative estimate of drug-likeness (QED) is 0.540. The van der Waals surface area contributed by atoms with E-state index in [1.165, 1.54) is 6.20 Å². The molecule has 3 heterocycles. The molecule has 4 aromatic rings. The third-order valence-corrected chi connectivity index (χ3v) is 3.89. The summed E-state index contributed by atoms with van der Waals surface area (Å²) in [6.45, 7) is 4.59. The molecule has 1 aromatic carbocycles. The summed E-state index contributed by atoms with van der Waals surface area (Å²) in [4.78, 5) is 20.0.